The van der Waals surface area contributed by atoms with Crippen LogP contribution in [-0.4, -0.2) is 52.3 Å². The summed E-state index contributed by atoms with van der Waals surface area (Å²) in [6.07, 6.45) is 0. The van der Waals surface area contributed by atoms with Gasteiger partial charge in [0.15, 0.2) is 4.32 Å². The lowest BCUT2D eigenvalue weighted by Crippen LogP contribution is -2.50. The molecule has 2 rings (SSSR count). The second kappa shape index (κ2) is 3.91. The van der Waals surface area contributed by atoms with Gasteiger partial charge in [-0.3, -0.25) is 4.79 Å². The van der Waals surface area contributed by atoms with Gasteiger partial charge in [-0.05, 0) is 0 Å². The van der Waals surface area contributed by atoms with Crippen molar-refractivity contribution >= 4 is 34.2 Å². The fourth-order valence-corrected chi connectivity index (χ4v) is 2.48. The van der Waals surface area contributed by atoms with Gasteiger partial charge in [-0.1, -0.05) is 24.0 Å². The molecule has 6 heteroatoms. The second-order valence-electron chi connectivity index (χ2n) is 2.83. The summed E-state index contributed by atoms with van der Waals surface area (Å²) in [6, 6.07) is 0. The zero-order chi connectivity index (χ0) is 9.26. The van der Waals surface area contributed by atoms with E-state index in [2.05, 4.69) is 0 Å². The lowest BCUT2D eigenvalue weighted by atomic mass is 10.5. The molecule has 0 N–H and O–H groups in total. The molecule has 0 aromatic rings. The summed E-state index contributed by atoms with van der Waals surface area (Å²) < 4.78 is 5.87. The van der Waals surface area contributed by atoms with Crippen LogP contribution in [0, 0.1) is 0 Å². The molecule has 2 aliphatic heterocycles. The van der Waals surface area contributed by atoms with Gasteiger partial charge in [0.1, 0.15) is 0 Å². The van der Waals surface area contributed by atoms with Crippen molar-refractivity contribution in [1.82, 2.24) is 10.0 Å². The molecule has 72 valence electrons. The number of thioether (sulfide) groups is 1. The van der Waals surface area contributed by atoms with Crippen molar-refractivity contribution in [3.05, 3.63) is 0 Å². The molecule has 2 aliphatic rings. The highest BCUT2D eigenvalue weighted by molar-refractivity contribution is 8.23. The number of ether oxygens (including phenoxy) is 1. The van der Waals surface area contributed by atoms with E-state index >= 15 is 0 Å². The normalized spacial score (nSPS) is 25.7. The highest BCUT2D eigenvalue weighted by atomic mass is 32.2. The van der Waals surface area contributed by atoms with Crippen molar-refractivity contribution in [2.45, 2.75) is 0 Å². The molecule has 0 atom stereocenters. The van der Waals surface area contributed by atoms with Crippen LogP contribution in [-0.2, 0) is 9.53 Å². The van der Waals surface area contributed by atoms with Crippen LogP contribution in [0.15, 0.2) is 0 Å². The number of thiocarbonyl (C=S) groups is 1. The smallest absolute Gasteiger partial charge is 0.253 e. The molecule has 0 aromatic heterocycles. The molecule has 0 bridgehead atoms. The first kappa shape index (κ1) is 9.39. The van der Waals surface area contributed by atoms with E-state index in [0.29, 0.717) is 23.3 Å². The van der Waals surface area contributed by atoms with Crippen molar-refractivity contribution in [1.29, 1.82) is 0 Å². The Kier molecular flexibility index (Phi) is 2.83. The summed E-state index contributed by atoms with van der Waals surface area (Å²) in [5, 5.41) is 3.58. The summed E-state index contributed by atoms with van der Waals surface area (Å²) in [6.45, 7) is 2.87. The molecular formula is C7H10N2O2S2. The van der Waals surface area contributed by atoms with Crippen molar-refractivity contribution in [3.8, 4) is 0 Å². The Bertz CT molecular complexity index is 225. The number of carbonyl (C=O) groups is 1. The summed E-state index contributed by atoms with van der Waals surface area (Å²) in [5.74, 6) is 0.577. The number of rotatable bonds is 1. The zero-order valence-corrected chi connectivity index (χ0v) is 8.70. The predicted molar refractivity (Wildman–Crippen MR) is 54.3 cm³/mol. The number of hydrogen-bond acceptors (Lipinski definition) is 5. The Hall–Kier alpha value is -0.170. The lowest BCUT2D eigenvalue weighted by molar-refractivity contribution is -0.140. The van der Waals surface area contributed by atoms with Gasteiger partial charge in [-0.15, -0.1) is 0 Å². The molecule has 0 spiro atoms. The molecule has 0 aromatic carbocycles. The van der Waals surface area contributed by atoms with Gasteiger partial charge in [-0.25, -0.2) is 10.0 Å². The number of morpholine rings is 1. The number of carbonyl (C=O) groups excluding carboxylic acids is 1. The number of nitrogens with zero attached hydrogens (tertiary/aromatic N) is 2. The van der Waals surface area contributed by atoms with Crippen LogP contribution >= 0.6 is 24.0 Å². The third-order valence-electron chi connectivity index (χ3n) is 2.00. The maximum atomic E-state index is 11.4. The van der Waals surface area contributed by atoms with Crippen LogP contribution < -0.4 is 0 Å². The van der Waals surface area contributed by atoms with Gasteiger partial charge in [0.2, 0.25) is 0 Å². The Labute approximate surface area is 86.2 Å². The first-order valence-electron chi connectivity index (χ1n) is 4.11. The SMILES string of the molecule is O=C1CSC(=S)N1N1CCOCC1. The van der Waals surface area contributed by atoms with Crippen molar-refractivity contribution in [2.75, 3.05) is 32.1 Å². The van der Waals surface area contributed by atoms with E-state index in [1.807, 2.05) is 5.01 Å². The van der Waals surface area contributed by atoms with Crippen molar-refractivity contribution in [3.63, 3.8) is 0 Å². The van der Waals surface area contributed by atoms with E-state index in [9.17, 15) is 4.79 Å². The molecule has 0 unspecified atom stereocenters. The summed E-state index contributed by atoms with van der Waals surface area (Å²) in [4.78, 5) is 11.4. The molecule has 0 saturated carbocycles. The highest BCUT2D eigenvalue weighted by Gasteiger charge is 2.32. The first-order chi connectivity index (χ1) is 6.29. The highest BCUT2D eigenvalue weighted by Crippen LogP contribution is 2.21. The van der Waals surface area contributed by atoms with Crippen LogP contribution in [0.2, 0.25) is 0 Å². The van der Waals surface area contributed by atoms with Crippen LogP contribution in [0.4, 0.5) is 0 Å². The van der Waals surface area contributed by atoms with Crippen LogP contribution in [0.1, 0.15) is 0 Å². The average Bonchev–Trinajstić information content (AvgIpc) is 2.48. The van der Waals surface area contributed by atoms with Gasteiger partial charge < -0.3 is 4.74 Å². The van der Waals surface area contributed by atoms with E-state index < -0.39 is 0 Å². The van der Waals surface area contributed by atoms with E-state index in [0.717, 1.165) is 13.1 Å². The minimum Gasteiger partial charge on any atom is -0.379 e. The fraction of sp³-hybridized carbons (Fsp3) is 0.714. The first-order valence-corrected chi connectivity index (χ1v) is 5.51. The zero-order valence-electron chi connectivity index (χ0n) is 7.06. The van der Waals surface area contributed by atoms with Gasteiger partial charge >= 0.3 is 0 Å². The maximum Gasteiger partial charge on any atom is 0.253 e. The molecule has 1 amide bonds. The summed E-state index contributed by atoms with van der Waals surface area (Å²) in [5.41, 5.74) is 0. The Morgan fingerprint density at radius 2 is 2.08 bits per heavy atom. The largest absolute Gasteiger partial charge is 0.379 e. The fourth-order valence-electron chi connectivity index (χ4n) is 1.37. The van der Waals surface area contributed by atoms with Gasteiger partial charge in [0.25, 0.3) is 5.91 Å². The second-order valence-corrected chi connectivity index (χ2v) is 4.44. The third-order valence-corrected chi connectivity index (χ3v) is 3.34. The standard InChI is InChI=1S/C7H10N2O2S2/c10-6-5-13-7(12)9(6)8-1-3-11-4-2-8/h1-5H2. The molecular weight excluding hydrogens is 208 g/mol. The maximum absolute atomic E-state index is 11.4. The number of hydrazine groups is 1. The minimum absolute atomic E-state index is 0.0944. The molecule has 0 aliphatic carbocycles. The van der Waals surface area contributed by atoms with Gasteiger partial charge in [-0.2, -0.15) is 0 Å². The van der Waals surface area contributed by atoms with E-state index in [-0.39, 0.29) is 5.91 Å². The monoisotopic (exact) mass is 218 g/mol. The molecule has 0 radical (unpaired) electrons. The molecule has 4 nitrogen and oxygen atoms in total. The van der Waals surface area contributed by atoms with Gasteiger partial charge in [0, 0.05) is 13.1 Å². The minimum atomic E-state index is 0.0944. The molecule has 2 heterocycles. The number of hydrogen-bond donors (Lipinski definition) is 0. The third kappa shape index (κ3) is 1.85. The van der Waals surface area contributed by atoms with Crippen LogP contribution in [0.25, 0.3) is 0 Å². The molecule has 2 fully saturated rings. The molecule has 2 saturated heterocycles. The predicted octanol–water partition coefficient (Wildman–Crippen LogP) is 0.0939. The Balaban J connectivity index is 2.05. The topological polar surface area (TPSA) is 32.8 Å². The van der Waals surface area contributed by atoms with Gasteiger partial charge in [0.05, 0.1) is 19.0 Å². The lowest BCUT2D eigenvalue weighted by Gasteiger charge is -2.33. The van der Waals surface area contributed by atoms with Crippen molar-refractivity contribution in [2.24, 2.45) is 0 Å². The summed E-state index contributed by atoms with van der Waals surface area (Å²) >= 11 is 6.52. The molecule has 13 heavy (non-hydrogen) atoms. The Morgan fingerprint density at radius 3 is 2.62 bits per heavy atom. The van der Waals surface area contributed by atoms with Crippen molar-refractivity contribution < 1.29 is 9.53 Å². The van der Waals surface area contributed by atoms with E-state index in [1.165, 1.54) is 11.8 Å². The number of amides is 1. The summed E-state index contributed by atoms with van der Waals surface area (Å²) in [7, 11) is 0. The Morgan fingerprint density at radius 1 is 1.38 bits per heavy atom. The average molecular weight is 218 g/mol. The quantitative estimate of drug-likeness (QED) is 0.583. The van der Waals surface area contributed by atoms with Crippen LogP contribution in [0.3, 0.4) is 0 Å². The van der Waals surface area contributed by atoms with Crippen LogP contribution in [0.5, 0.6) is 0 Å². The van der Waals surface area contributed by atoms with E-state index in [1.54, 1.807) is 5.01 Å². The van der Waals surface area contributed by atoms with E-state index in [4.69, 9.17) is 17.0 Å².